The van der Waals surface area contributed by atoms with Gasteiger partial charge in [-0.2, -0.15) is 4.98 Å². The molecular formula is C19H21N4O2+. The number of aromatic nitrogens is 2. The van der Waals surface area contributed by atoms with Gasteiger partial charge in [0, 0.05) is 37.9 Å². The highest BCUT2D eigenvalue weighted by molar-refractivity contribution is 5.68. The van der Waals surface area contributed by atoms with Gasteiger partial charge in [-0.15, -0.1) is 0 Å². The van der Waals surface area contributed by atoms with E-state index in [0.29, 0.717) is 0 Å². The first-order valence-corrected chi connectivity index (χ1v) is 7.89. The summed E-state index contributed by atoms with van der Waals surface area (Å²) in [6.45, 7) is 0. The second kappa shape index (κ2) is 7.19. The minimum Gasteiger partial charge on any atom is -0.506 e. The SMILES string of the molecule is COc1ccccc1-c1cc([NH2+]c2ccc(N(C)C)c(O)c2)ncn1. The Morgan fingerprint density at radius 2 is 1.84 bits per heavy atom. The van der Waals surface area contributed by atoms with E-state index in [2.05, 4.69) is 9.97 Å². The molecule has 0 aliphatic heterocycles. The van der Waals surface area contributed by atoms with Crippen molar-refractivity contribution in [3.63, 3.8) is 0 Å². The molecule has 0 aliphatic carbocycles. The van der Waals surface area contributed by atoms with E-state index >= 15 is 0 Å². The molecule has 0 saturated heterocycles. The smallest absolute Gasteiger partial charge is 0.232 e. The van der Waals surface area contributed by atoms with Gasteiger partial charge in [-0.25, -0.2) is 4.98 Å². The zero-order valence-electron chi connectivity index (χ0n) is 14.5. The van der Waals surface area contributed by atoms with Gasteiger partial charge in [0.25, 0.3) is 0 Å². The Hall–Kier alpha value is -3.12. The summed E-state index contributed by atoms with van der Waals surface area (Å²) in [5.74, 6) is 1.76. The Kier molecular flexibility index (Phi) is 4.81. The Bertz CT molecular complexity index is 881. The normalized spacial score (nSPS) is 10.5. The molecule has 6 heteroatoms. The summed E-state index contributed by atoms with van der Waals surface area (Å²) in [7, 11) is 5.42. The van der Waals surface area contributed by atoms with Crippen molar-refractivity contribution in [3.05, 3.63) is 54.9 Å². The summed E-state index contributed by atoms with van der Waals surface area (Å²) in [4.78, 5) is 10.5. The molecule has 0 saturated carbocycles. The number of aromatic hydroxyl groups is 1. The first kappa shape index (κ1) is 16.7. The summed E-state index contributed by atoms with van der Waals surface area (Å²) < 4.78 is 5.40. The standard InChI is InChI=1S/C19H20N4O2/c1-23(2)16-9-8-13(10-17(16)24)22-19-11-15(20-12-21-19)14-6-4-5-7-18(14)25-3/h4-12,24H,1-3H3,(H,20,21,22)/p+1. The molecule has 25 heavy (non-hydrogen) atoms. The number of phenols is 1. The fourth-order valence-corrected chi connectivity index (χ4v) is 2.63. The van der Waals surface area contributed by atoms with Gasteiger partial charge in [-0.3, -0.25) is 5.32 Å². The van der Waals surface area contributed by atoms with Crippen molar-refractivity contribution in [1.82, 2.24) is 9.97 Å². The number of quaternary nitrogens is 1. The molecule has 128 valence electrons. The van der Waals surface area contributed by atoms with Gasteiger partial charge in [0.05, 0.1) is 18.5 Å². The lowest BCUT2D eigenvalue weighted by atomic mass is 10.1. The number of para-hydroxylation sites is 1. The number of benzene rings is 2. The van der Waals surface area contributed by atoms with E-state index in [1.165, 1.54) is 6.33 Å². The average molecular weight is 337 g/mol. The van der Waals surface area contributed by atoms with Crippen molar-refractivity contribution in [3.8, 4) is 22.8 Å². The van der Waals surface area contributed by atoms with E-state index in [-0.39, 0.29) is 5.75 Å². The molecule has 3 aromatic rings. The van der Waals surface area contributed by atoms with E-state index in [1.54, 1.807) is 13.2 Å². The maximum atomic E-state index is 10.1. The fraction of sp³-hybridized carbons (Fsp3) is 0.158. The number of nitrogens with two attached hydrogens (primary N) is 1. The van der Waals surface area contributed by atoms with Crippen LogP contribution in [0.15, 0.2) is 54.9 Å². The van der Waals surface area contributed by atoms with Gasteiger partial charge in [-0.05, 0) is 18.2 Å². The van der Waals surface area contributed by atoms with Gasteiger partial charge in [-0.1, -0.05) is 12.1 Å². The molecule has 0 unspecified atom stereocenters. The highest BCUT2D eigenvalue weighted by Gasteiger charge is 2.12. The molecule has 3 N–H and O–H groups in total. The maximum Gasteiger partial charge on any atom is 0.232 e. The van der Waals surface area contributed by atoms with Gasteiger partial charge in [0.15, 0.2) is 0 Å². The molecule has 0 amide bonds. The second-order valence-electron chi connectivity index (χ2n) is 5.82. The number of methoxy groups -OCH3 is 1. The number of phenolic OH excluding ortho intramolecular Hbond substituents is 1. The molecule has 1 heterocycles. The number of hydrogen-bond donors (Lipinski definition) is 2. The topological polar surface area (TPSA) is 75.1 Å². The van der Waals surface area contributed by atoms with Crippen molar-refractivity contribution in [2.24, 2.45) is 0 Å². The summed E-state index contributed by atoms with van der Waals surface area (Å²) in [5.41, 5.74) is 3.34. The highest BCUT2D eigenvalue weighted by Crippen LogP contribution is 2.29. The van der Waals surface area contributed by atoms with E-state index in [1.807, 2.05) is 66.8 Å². The Balaban J connectivity index is 1.89. The first-order chi connectivity index (χ1) is 12.1. The third-order valence-corrected chi connectivity index (χ3v) is 3.87. The minimum absolute atomic E-state index is 0.234. The average Bonchev–Trinajstić information content (AvgIpc) is 2.61. The molecule has 0 aliphatic rings. The second-order valence-corrected chi connectivity index (χ2v) is 5.82. The summed E-state index contributed by atoms with van der Waals surface area (Å²) >= 11 is 0. The third-order valence-electron chi connectivity index (χ3n) is 3.87. The molecule has 0 fully saturated rings. The van der Waals surface area contributed by atoms with Crippen LogP contribution in [0.2, 0.25) is 0 Å². The summed E-state index contributed by atoms with van der Waals surface area (Å²) in [6, 6.07) is 15.2. The first-order valence-electron chi connectivity index (χ1n) is 7.89. The fourth-order valence-electron chi connectivity index (χ4n) is 2.63. The zero-order chi connectivity index (χ0) is 17.8. The number of ether oxygens (including phenoxy) is 1. The van der Waals surface area contributed by atoms with E-state index in [9.17, 15) is 5.11 Å². The van der Waals surface area contributed by atoms with Crippen LogP contribution in [0.1, 0.15) is 0 Å². The quantitative estimate of drug-likeness (QED) is 0.700. The molecule has 0 radical (unpaired) electrons. The van der Waals surface area contributed by atoms with Crippen molar-refractivity contribution in [1.29, 1.82) is 0 Å². The predicted octanol–water partition coefficient (Wildman–Crippen LogP) is 2.45. The molecule has 0 bridgehead atoms. The Morgan fingerprint density at radius 1 is 1.04 bits per heavy atom. The Morgan fingerprint density at radius 3 is 2.56 bits per heavy atom. The van der Waals surface area contributed by atoms with Crippen molar-refractivity contribution in [2.45, 2.75) is 0 Å². The number of nitrogens with zero attached hydrogens (tertiary/aromatic N) is 3. The van der Waals surface area contributed by atoms with Crippen LogP contribution in [0.3, 0.4) is 0 Å². The molecule has 6 nitrogen and oxygen atoms in total. The molecule has 3 rings (SSSR count). The van der Waals surface area contributed by atoms with Gasteiger partial charge in [0.2, 0.25) is 5.82 Å². The molecule has 0 spiro atoms. The van der Waals surface area contributed by atoms with E-state index < -0.39 is 0 Å². The van der Waals surface area contributed by atoms with Crippen molar-refractivity contribution < 1.29 is 15.2 Å². The monoisotopic (exact) mass is 337 g/mol. The van der Waals surface area contributed by atoms with Gasteiger partial charge in [0.1, 0.15) is 23.5 Å². The molecule has 2 aromatic carbocycles. The van der Waals surface area contributed by atoms with Crippen LogP contribution in [0.4, 0.5) is 17.2 Å². The largest absolute Gasteiger partial charge is 0.506 e. The van der Waals surface area contributed by atoms with Crippen molar-refractivity contribution >= 4 is 17.2 Å². The van der Waals surface area contributed by atoms with E-state index in [4.69, 9.17) is 4.74 Å². The number of anilines is 1. The summed E-state index contributed by atoms with van der Waals surface area (Å²) in [5, 5.41) is 12.0. The lowest BCUT2D eigenvalue weighted by Crippen LogP contribution is -2.71. The number of hydrogen-bond acceptors (Lipinski definition) is 5. The van der Waals surface area contributed by atoms with Gasteiger partial charge < -0.3 is 14.7 Å². The van der Waals surface area contributed by atoms with Crippen LogP contribution in [-0.4, -0.2) is 36.3 Å². The lowest BCUT2D eigenvalue weighted by Gasteiger charge is -2.14. The maximum absolute atomic E-state index is 10.1. The zero-order valence-corrected chi connectivity index (χ0v) is 14.5. The Labute approximate surface area is 146 Å². The third kappa shape index (κ3) is 3.70. The minimum atomic E-state index is 0.234. The molecule has 1 aromatic heterocycles. The van der Waals surface area contributed by atoms with Crippen LogP contribution < -0.4 is 15.0 Å². The predicted molar refractivity (Wildman–Crippen MR) is 97.7 cm³/mol. The van der Waals surface area contributed by atoms with Crippen LogP contribution >= 0.6 is 0 Å². The van der Waals surface area contributed by atoms with Crippen LogP contribution in [0.25, 0.3) is 11.3 Å². The summed E-state index contributed by atoms with van der Waals surface area (Å²) in [6.07, 6.45) is 1.53. The van der Waals surface area contributed by atoms with Crippen LogP contribution in [-0.2, 0) is 0 Å². The van der Waals surface area contributed by atoms with Crippen LogP contribution in [0.5, 0.6) is 11.5 Å². The molecule has 0 atom stereocenters. The molecular weight excluding hydrogens is 316 g/mol. The lowest BCUT2D eigenvalue weighted by molar-refractivity contribution is -0.483. The van der Waals surface area contributed by atoms with Crippen molar-refractivity contribution in [2.75, 3.05) is 26.1 Å². The number of rotatable bonds is 5. The van der Waals surface area contributed by atoms with Crippen LogP contribution in [0, 0.1) is 0 Å². The van der Waals surface area contributed by atoms with E-state index in [0.717, 1.165) is 34.2 Å². The highest BCUT2D eigenvalue weighted by atomic mass is 16.5. The van der Waals surface area contributed by atoms with Gasteiger partial charge >= 0.3 is 0 Å².